The van der Waals surface area contributed by atoms with Crippen LogP contribution in [0, 0.1) is 13.8 Å². The zero-order valence-electron chi connectivity index (χ0n) is 16.8. The molecule has 0 saturated heterocycles. The molecular formula is C21H28N6O. The van der Waals surface area contributed by atoms with Crippen molar-refractivity contribution in [3.8, 4) is 0 Å². The molecule has 0 aliphatic heterocycles. The lowest BCUT2D eigenvalue weighted by atomic mass is 10.2. The molecule has 0 bridgehead atoms. The van der Waals surface area contributed by atoms with Gasteiger partial charge in [-0.2, -0.15) is 0 Å². The van der Waals surface area contributed by atoms with Gasteiger partial charge in [-0.25, -0.2) is 15.0 Å². The van der Waals surface area contributed by atoms with Crippen LogP contribution < -0.4 is 10.6 Å². The maximum atomic E-state index is 5.59. The van der Waals surface area contributed by atoms with Gasteiger partial charge in [0, 0.05) is 38.4 Å². The Balaban J connectivity index is 1.55. The van der Waals surface area contributed by atoms with E-state index in [2.05, 4.69) is 54.4 Å². The monoisotopic (exact) mass is 380 g/mol. The molecule has 28 heavy (non-hydrogen) atoms. The third kappa shape index (κ3) is 5.45. The summed E-state index contributed by atoms with van der Waals surface area (Å²) in [6.45, 7) is 8.66. The fraction of sp³-hybridized carbons (Fsp3) is 0.381. The summed E-state index contributed by atoms with van der Waals surface area (Å²) < 4.78 is 7.77. The molecule has 1 aromatic carbocycles. The standard InChI is InChI=1S/C21H28N6O/c1-4-22-21(25-14-20-26-16(2)17(3)28-20)24-11-10-19-23-12-13-27(19)15-18-8-6-5-7-9-18/h5-9,12-13H,4,10-11,14-15H2,1-3H3,(H2,22,24,25). The summed E-state index contributed by atoms with van der Waals surface area (Å²) in [5.41, 5.74) is 2.18. The molecule has 0 amide bonds. The maximum absolute atomic E-state index is 5.59. The predicted octanol–water partition coefficient (Wildman–Crippen LogP) is 2.83. The maximum Gasteiger partial charge on any atom is 0.216 e. The number of aryl methyl sites for hydroxylation is 2. The Hall–Kier alpha value is -3.09. The van der Waals surface area contributed by atoms with Crippen molar-refractivity contribution in [3.63, 3.8) is 0 Å². The number of aromatic nitrogens is 3. The smallest absolute Gasteiger partial charge is 0.216 e. The molecule has 148 valence electrons. The SMILES string of the molecule is CCNC(=NCc1nc(C)c(C)o1)NCCc1nccn1Cc1ccccc1. The van der Waals surface area contributed by atoms with Gasteiger partial charge >= 0.3 is 0 Å². The topological polar surface area (TPSA) is 80.3 Å². The summed E-state index contributed by atoms with van der Waals surface area (Å²) in [6, 6.07) is 10.4. The molecular weight excluding hydrogens is 352 g/mol. The van der Waals surface area contributed by atoms with E-state index in [-0.39, 0.29) is 0 Å². The molecule has 0 aliphatic carbocycles. The van der Waals surface area contributed by atoms with Gasteiger partial charge in [0.1, 0.15) is 18.1 Å². The van der Waals surface area contributed by atoms with Gasteiger partial charge in [-0.15, -0.1) is 0 Å². The number of nitrogens with zero attached hydrogens (tertiary/aromatic N) is 4. The molecule has 2 heterocycles. The quantitative estimate of drug-likeness (QED) is 0.464. The van der Waals surface area contributed by atoms with Crippen LogP contribution in [0.4, 0.5) is 0 Å². The summed E-state index contributed by atoms with van der Waals surface area (Å²) in [4.78, 5) is 13.4. The highest BCUT2D eigenvalue weighted by molar-refractivity contribution is 5.79. The molecule has 2 aromatic heterocycles. The van der Waals surface area contributed by atoms with E-state index >= 15 is 0 Å². The molecule has 0 saturated carbocycles. The largest absolute Gasteiger partial charge is 0.444 e. The molecule has 3 rings (SSSR count). The van der Waals surface area contributed by atoms with Gasteiger partial charge in [0.15, 0.2) is 5.96 Å². The summed E-state index contributed by atoms with van der Waals surface area (Å²) in [5.74, 6) is 3.27. The third-order valence-corrected chi connectivity index (χ3v) is 4.43. The predicted molar refractivity (Wildman–Crippen MR) is 110 cm³/mol. The highest BCUT2D eigenvalue weighted by Crippen LogP contribution is 2.09. The Kier molecular flexibility index (Phi) is 6.84. The lowest BCUT2D eigenvalue weighted by molar-refractivity contribution is 0.473. The van der Waals surface area contributed by atoms with Crippen molar-refractivity contribution < 1.29 is 4.42 Å². The van der Waals surface area contributed by atoms with E-state index in [1.54, 1.807) is 0 Å². The average molecular weight is 380 g/mol. The van der Waals surface area contributed by atoms with Crippen LogP contribution in [0.15, 0.2) is 52.1 Å². The minimum atomic E-state index is 0.409. The van der Waals surface area contributed by atoms with Gasteiger partial charge in [-0.1, -0.05) is 30.3 Å². The van der Waals surface area contributed by atoms with Crippen molar-refractivity contribution in [2.24, 2.45) is 4.99 Å². The van der Waals surface area contributed by atoms with Crippen LogP contribution >= 0.6 is 0 Å². The first kappa shape index (κ1) is 19.7. The molecule has 0 spiro atoms. The molecule has 0 unspecified atom stereocenters. The van der Waals surface area contributed by atoms with E-state index in [1.807, 2.05) is 39.2 Å². The summed E-state index contributed by atoms with van der Waals surface area (Å²) >= 11 is 0. The minimum Gasteiger partial charge on any atom is -0.444 e. The summed E-state index contributed by atoms with van der Waals surface area (Å²) in [7, 11) is 0. The molecule has 0 radical (unpaired) electrons. The summed E-state index contributed by atoms with van der Waals surface area (Å²) in [6.07, 6.45) is 4.68. The van der Waals surface area contributed by atoms with Gasteiger partial charge in [-0.3, -0.25) is 0 Å². The first-order chi connectivity index (χ1) is 13.7. The molecule has 7 nitrogen and oxygen atoms in total. The Labute approximate surface area is 165 Å². The zero-order valence-corrected chi connectivity index (χ0v) is 16.8. The Bertz CT molecular complexity index is 877. The summed E-state index contributed by atoms with van der Waals surface area (Å²) in [5, 5.41) is 6.61. The van der Waals surface area contributed by atoms with Gasteiger partial charge in [0.05, 0.1) is 5.69 Å². The molecule has 0 atom stereocenters. The average Bonchev–Trinajstić information content (AvgIpc) is 3.26. The molecule has 0 fully saturated rings. The first-order valence-electron chi connectivity index (χ1n) is 9.64. The highest BCUT2D eigenvalue weighted by Gasteiger charge is 2.07. The van der Waals surface area contributed by atoms with Crippen LogP contribution in [0.1, 0.15) is 35.7 Å². The number of rotatable bonds is 8. The van der Waals surface area contributed by atoms with Crippen LogP contribution in [-0.4, -0.2) is 33.6 Å². The van der Waals surface area contributed by atoms with Crippen molar-refractivity contribution in [1.82, 2.24) is 25.2 Å². The van der Waals surface area contributed by atoms with Crippen LogP contribution in [0.5, 0.6) is 0 Å². The molecule has 2 N–H and O–H groups in total. The van der Waals surface area contributed by atoms with Crippen molar-refractivity contribution in [2.45, 2.75) is 40.3 Å². The second-order valence-electron chi connectivity index (χ2n) is 6.58. The number of benzene rings is 1. The van der Waals surface area contributed by atoms with Gasteiger partial charge in [0.25, 0.3) is 0 Å². The normalized spacial score (nSPS) is 11.6. The van der Waals surface area contributed by atoms with E-state index in [0.29, 0.717) is 12.4 Å². The lowest BCUT2D eigenvalue weighted by Gasteiger charge is -2.12. The Morgan fingerprint density at radius 1 is 1.18 bits per heavy atom. The zero-order chi connectivity index (χ0) is 19.8. The molecule has 3 aromatic rings. The van der Waals surface area contributed by atoms with Gasteiger partial charge in [0.2, 0.25) is 5.89 Å². The fourth-order valence-electron chi connectivity index (χ4n) is 2.88. The van der Waals surface area contributed by atoms with Crippen LogP contribution in [0.3, 0.4) is 0 Å². The van der Waals surface area contributed by atoms with Crippen LogP contribution in [0.2, 0.25) is 0 Å². The minimum absolute atomic E-state index is 0.409. The number of oxazole rings is 1. The van der Waals surface area contributed by atoms with Crippen molar-refractivity contribution in [3.05, 3.63) is 71.5 Å². The Morgan fingerprint density at radius 3 is 2.71 bits per heavy atom. The van der Waals surface area contributed by atoms with Crippen molar-refractivity contribution in [1.29, 1.82) is 0 Å². The lowest BCUT2D eigenvalue weighted by Crippen LogP contribution is -2.38. The van der Waals surface area contributed by atoms with E-state index in [0.717, 1.165) is 49.3 Å². The van der Waals surface area contributed by atoms with Crippen LogP contribution in [0.25, 0.3) is 0 Å². The number of guanidine groups is 1. The number of hydrogen-bond acceptors (Lipinski definition) is 4. The van der Waals surface area contributed by atoms with Crippen LogP contribution in [-0.2, 0) is 19.5 Å². The Morgan fingerprint density at radius 2 is 2.00 bits per heavy atom. The molecule has 0 aliphatic rings. The van der Waals surface area contributed by atoms with Gasteiger partial charge in [-0.05, 0) is 26.3 Å². The van der Waals surface area contributed by atoms with Crippen molar-refractivity contribution >= 4 is 5.96 Å². The fourth-order valence-corrected chi connectivity index (χ4v) is 2.88. The number of aliphatic imine (C=N–C) groups is 1. The van der Waals surface area contributed by atoms with E-state index in [9.17, 15) is 0 Å². The van der Waals surface area contributed by atoms with Gasteiger partial charge < -0.3 is 19.6 Å². The third-order valence-electron chi connectivity index (χ3n) is 4.43. The second-order valence-corrected chi connectivity index (χ2v) is 6.58. The van der Waals surface area contributed by atoms with Crippen molar-refractivity contribution in [2.75, 3.05) is 13.1 Å². The van der Waals surface area contributed by atoms with E-state index in [1.165, 1.54) is 5.56 Å². The van der Waals surface area contributed by atoms with E-state index < -0.39 is 0 Å². The number of imidazole rings is 1. The number of nitrogens with one attached hydrogen (secondary N) is 2. The number of hydrogen-bond donors (Lipinski definition) is 2. The highest BCUT2D eigenvalue weighted by atomic mass is 16.4. The second kappa shape index (κ2) is 9.73. The first-order valence-corrected chi connectivity index (χ1v) is 9.64. The molecule has 7 heteroatoms. The van der Waals surface area contributed by atoms with E-state index in [4.69, 9.17) is 4.42 Å².